The van der Waals surface area contributed by atoms with E-state index in [1.54, 1.807) is 0 Å². The summed E-state index contributed by atoms with van der Waals surface area (Å²) in [6, 6.07) is 7.69. The van der Waals surface area contributed by atoms with Crippen LogP contribution in [0.5, 0.6) is 17.2 Å². The van der Waals surface area contributed by atoms with Gasteiger partial charge in [0, 0.05) is 31.1 Å². The predicted octanol–water partition coefficient (Wildman–Crippen LogP) is 6.34. The Balaban J connectivity index is 1.62. The Morgan fingerprint density at radius 1 is 0.968 bits per heavy atom. The fourth-order valence-electron chi connectivity index (χ4n) is 3.13. The highest BCUT2D eigenvalue weighted by Gasteiger charge is 2.15. The summed E-state index contributed by atoms with van der Waals surface area (Å²) in [5, 5.41) is 9.03. The van der Waals surface area contributed by atoms with Gasteiger partial charge in [0.25, 0.3) is 0 Å². The first kappa shape index (κ1) is 26.3. The Morgan fingerprint density at radius 3 is 2.13 bits per heavy atom. The van der Waals surface area contributed by atoms with Crippen LogP contribution in [-0.4, -0.2) is 53.7 Å². The smallest absolute Gasteiger partial charge is 0.307 e. The third kappa shape index (κ3) is 8.17. The van der Waals surface area contributed by atoms with E-state index in [2.05, 4.69) is 95.3 Å². The molecule has 0 aromatic heterocycles. The molecular weight excluding hydrogens is 870 g/mol. The fourth-order valence-corrected chi connectivity index (χ4v) is 8.24. The predicted molar refractivity (Wildman–Crippen MR) is 159 cm³/mol. The standard InChI is InChI=1S/C21H21I4NO4S/c22-15-8-13(10-19(27)28)9-16(23)21(15)30-14-11-17(24)20(18(25)12-14)29-5-1-2-26-3-6-31-7-4-26/h8-9,11-12H,1-7,10H2,(H,27,28). The second-order valence-corrected chi connectivity index (χ2v) is 12.8. The largest absolute Gasteiger partial charge is 0.491 e. The molecule has 0 unspecified atom stereocenters. The number of halogens is 4. The fraction of sp³-hybridized carbons (Fsp3) is 0.381. The molecule has 5 nitrogen and oxygen atoms in total. The van der Waals surface area contributed by atoms with Gasteiger partial charge in [-0.15, -0.1) is 0 Å². The number of rotatable bonds is 9. The van der Waals surface area contributed by atoms with Gasteiger partial charge in [-0.3, -0.25) is 4.79 Å². The van der Waals surface area contributed by atoms with Gasteiger partial charge in [0.15, 0.2) is 5.75 Å². The van der Waals surface area contributed by atoms with Crippen LogP contribution < -0.4 is 9.47 Å². The SMILES string of the molecule is O=C(O)Cc1cc(I)c(Oc2cc(I)c(OCCCN3CCSCC3)c(I)c2)c(I)c1. The first-order valence-electron chi connectivity index (χ1n) is 9.63. The van der Waals surface area contributed by atoms with Crippen LogP contribution in [0.4, 0.5) is 0 Å². The lowest BCUT2D eigenvalue weighted by atomic mass is 10.1. The zero-order valence-electron chi connectivity index (χ0n) is 16.5. The highest BCUT2D eigenvalue weighted by atomic mass is 127. The van der Waals surface area contributed by atoms with E-state index in [4.69, 9.17) is 14.6 Å². The topological polar surface area (TPSA) is 59.0 Å². The van der Waals surface area contributed by atoms with Crippen molar-refractivity contribution in [1.29, 1.82) is 0 Å². The molecule has 1 aliphatic heterocycles. The molecule has 0 spiro atoms. The number of aliphatic carboxylic acids is 1. The average Bonchev–Trinajstić information content (AvgIpc) is 2.70. The number of thioether (sulfide) groups is 1. The van der Waals surface area contributed by atoms with Crippen LogP contribution in [0.2, 0.25) is 0 Å². The lowest BCUT2D eigenvalue weighted by Gasteiger charge is -2.26. The van der Waals surface area contributed by atoms with E-state index in [1.165, 1.54) is 24.6 Å². The van der Waals surface area contributed by atoms with E-state index in [0.29, 0.717) is 6.61 Å². The van der Waals surface area contributed by atoms with Crippen LogP contribution >= 0.6 is 102 Å². The maximum atomic E-state index is 11.0. The van der Waals surface area contributed by atoms with E-state index in [0.717, 1.165) is 50.1 Å². The van der Waals surface area contributed by atoms with Crippen LogP contribution in [0.15, 0.2) is 24.3 Å². The molecule has 0 radical (unpaired) electrons. The average molecular weight is 891 g/mol. The highest BCUT2D eigenvalue weighted by molar-refractivity contribution is 14.1. The normalized spacial score (nSPS) is 14.5. The van der Waals surface area contributed by atoms with Crippen molar-refractivity contribution >= 4 is 108 Å². The number of hydrogen-bond acceptors (Lipinski definition) is 5. The minimum Gasteiger partial charge on any atom is -0.491 e. The van der Waals surface area contributed by atoms with E-state index >= 15 is 0 Å². The molecule has 1 saturated heterocycles. The molecule has 1 aliphatic rings. The molecule has 2 aromatic rings. The van der Waals surface area contributed by atoms with Gasteiger partial charge in [0.1, 0.15) is 11.5 Å². The maximum Gasteiger partial charge on any atom is 0.307 e. The Kier molecular flexibility index (Phi) is 11.0. The summed E-state index contributed by atoms with van der Waals surface area (Å²) in [6.07, 6.45) is 1.03. The molecule has 0 atom stereocenters. The molecule has 3 rings (SSSR count). The van der Waals surface area contributed by atoms with Gasteiger partial charge >= 0.3 is 5.97 Å². The van der Waals surface area contributed by atoms with Crippen LogP contribution in [0.25, 0.3) is 0 Å². The second kappa shape index (κ2) is 13.0. The maximum absolute atomic E-state index is 11.0. The van der Waals surface area contributed by atoms with Crippen molar-refractivity contribution in [3.05, 3.63) is 44.1 Å². The molecule has 0 amide bonds. The summed E-state index contributed by atoms with van der Waals surface area (Å²) in [6.45, 7) is 4.15. The van der Waals surface area contributed by atoms with Gasteiger partial charge < -0.3 is 19.5 Å². The number of carbonyl (C=O) groups is 1. The molecule has 1 fully saturated rings. The molecule has 2 aromatic carbocycles. The van der Waals surface area contributed by atoms with Gasteiger partial charge in [-0.05, 0) is 127 Å². The molecule has 0 bridgehead atoms. The molecule has 10 heteroatoms. The van der Waals surface area contributed by atoms with Crippen molar-refractivity contribution < 1.29 is 19.4 Å². The van der Waals surface area contributed by atoms with Gasteiger partial charge in [-0.2, -0.15) is 11.8 Å². The van der Waals surface area contributed by atoms with E-state index in [1.807, 2.05) is 36.0 Å². The van der Waals surface area contributed by atoms with Crippen LogP contribution in [0.1, 0.15) is 12.0 Å². The van der Waals surface area contributed by atoms with Crippen LogP contribution in [0.3, 0.4) is 0 Å². The zero-order chi connectivity index (χ0) is 22.4. The van der Waals surface area contributed by atoms with E-state index in [-0.39, 0.29) is 6.42 Å². The molecule has 1 heterocycles. The molecular formula is C21H21I4NO4S. The van der Waals surface area contributed by atoms with Crippen molar-refractivity contribution in [1.82, 2.24) is 4.90 Å². The molecule has 31 heavy (non-hydrogen) atoms. The number of carboxylic acid groups (broad SMARTS) is 1. The Labute approximate surface area is 241 Å². The minimum absolute atomic E-state index is 0.00480. The summed E-state index contributed by atoms with van der Waals surface area (Å²) in [5.74, 6) is 4.03. The minimum atomic E-state index is -0.838. The first-order chi connectivity index (χ1) is 14.8. The van der Waals surface area contributed by atoms with E-state index in [9.17, 15) is 4.79 Å². The van der Waals surface area contributed by atoms with Gasteiger partial charge in [-0.1, -0.05) is 0 Å². The van der Waals surface area contributed by atoms with Crippen molar-refractivity contribution in [2.75, 3.05) is 37.7 Å². The Bertz CT molecular complexity index is 892. The number of ether oxygens (including phenoxy) is 2. The molecule has 168 valence electrons. The Morgan fingerprint density at radius 2 is 1.55 bits per heavy atom. The lowest BCUT2D eigenvalue weighted by Crippen LogP contribution is -2.33. The third-order valence-electron chi connectivity index (χ3n) is 4.57. The summed E-state index contributed by atoms with van der Waals surface area (Å²) in [5.41, 5.74) is 0.768. The van der Waals surface area contributed by atoms with Crippen molar-refractivity contribution in [3.8, 4) is 17.2 Å². The molecule has 0 aliphatic carbocycles. The molecule has 0 saturated carbocycles. The number of carboxylic acids is 1. The van der Waals surface area contributed by atoms with Gasteiger partial charge in [0.05, 0.1) is 27.3 Å². The number of nitrogens with zero attached hydrogens (tertiary/aromatic N) is 1. The molecule has 1 N–H and O–H groups in total. The summed E-state index contributed by atoms with van der Waals surface area (Å²) >= 11 is 11.0. The van der Waals surface area contributed by atoms with Crippen LogP contribution in [-0.2, 0) is 11.2 Å². The first-order valence-corrected chi connectivity index (χ1v) is 15.1. The quantitative estimate of drug-likeness (QED) is 0.235. The lowest BCUT2D eigenvalue weighted by molar-refractivity contribution is -0.136. The summed E-state index contributed by atoms with van der Waals surface area (Å²) < 4.78 is 16.1. The monoisotopic (exact) mass is 891 g/mol. The second-order valence-electron chi connectivity index (χ2n) is 6.93. The third-order valence-corrected chi connectivity index (χ3v) is 8.72. The number of hydrogen-bond donors (Lipinski definition) is 1. The van der Waals surface area contributed by atoms with Crippen molar-refractivity contribution in [2.24, 2.45) is 0 Å². The summed E-state index contributed by atoms with van der Waals surface area (Å²) in [4.78, 5) is 13.5. The van der Waals surface area contributed by atoms with Gasteiger partial charge in [-0.25, -0.2) is 0 Å². The van der Waals surface area contributed by atoms with Crippen molar-refractivity contribution in [3.63, 3.8) is 0 Å². The van der Waals surface area contributed by atoms with E-state index < -0.39 is 5.97 Å². The van der Waals surface area contributed by atoms with Crippen molar-refractivity contribution in [2.45, 2.75) is 12.8 Å². The number of benzene rings is 2. The highest BCUT2D eigenvalue weighted by Crippen LogP contribution is 2.37. The Hall–Kier alpha value is 0.740. The summed E-state index contributed by atoms with van der Waals surface area (Å²) in [7, 11) is 0. The zero-order valence-corrected chi connectivity index (χ0v) is 26.0. The van der Waals surface area contributed by atoms with Gasteiger partial charge in [0.2, 0.25) is 0 Å². The van der Waals surface area contributed by atoms with Crippen LogP contribution in [0, 0.1) is 14.3 Å².